The molecule has 14 aliphatic rings. The van der Waals surface area contributed by atoms with Gasteiger partial charge in [0.1, 0.15) is 0 Å². The van der Waals surface area contributed by atoms with E-state index < -0.39 is 0 Å². The second kappa shape index (κ2) is 21.4. The molecule has 25 rings (SSSR count). The van der Waals surface area contributed by atoms with Crippen molar-refractivity contribution in [1.29, 1.82) is 0 Å². The molecule has 96 heavy (non-hydrogen) atoms. The highest BCUT2D eigenvalue weighted by atomic mass is 14.8. The normalized spacial score (nSPS) is 23.2. The Morgan fingerprint density at radius 2 is 0.344 bits per heavy atom. The van der Waals surface area contributed by atoms with Crippen molar-refractivity contribution in [3.8, 4) is 0 Å². The van der Waals surface area contributed by atoms with E-state index in [4.69, 9.17) is 9.97 Å². The molecular weight excluding hydrogens is 1160 g/mol. The number of fused-ring (bicyclic) bond motifs is 12. The fourth-order valence-corrected chi connectivity index (χ4v) is 20.7. The predicted octanol–water partition coefficient (Wildman–Crippen LogP) is 22.6. The largest absolute Gasteiger partial charge is 0.355 e. The Bertz CT molecular complexity index is 4780. The molecule has 8 aromatic carbocycles. The summed E-state index contributed by atoms with van der Waals surface area (Å²) in [4.78, 5) is 21.3. The molecule has 16 bridgehead atoms. The number of allylic oxidation sites excluding steroid dienone is 12. The molecule has 11 aromatic rings. The van der Waals surface area contributed by atoms with E-state index in [1.54, 1.807) is 0 Å². The molecule has 458 valence electrons. The van der Waals surface area contributed by atoms with Gasteiger partial charge in [0.15, 0.2) is 0 Å². The van der Waals surface area contributed by atoms with Crippen molar-refractivity contribution in [2.24, 2.45) is 23.7 Å². The molecule has 0 amide bonds. The van der Waals surface area contributed by atoms with E-state index in [2.05, 4.69) is 277 Å². The van der Waals surface area contributed by atoms with Crippen molar-refractivity contribution in [3.05, 3.63) is 356 Å². The van der Waals surface area contributed by atoms with Gasteiger partial charge in [0.05, 0.1) is 22.8 Å². The Balaban J connectivity index is 0.901. The summed E-state index contributed by atoms with van der Waals surface area (Å²) < 4.78 is 0. The van der Waals surface area contributed by atoms with Crippen LogP contribution in [0.25, 0.3) is 88.9 Å². The molecule has 4 heteroatoms. The van der Waals surface area contributed by atoms with Gasteiger partial charge in [-0.05, 0) is 209 Å². The van der Waals surface area contributed by atoms with E-state index in [0.717, 1.165) is 74.1 Å². The van der Waals surface area contributed by atoms with Crippen LogP contribution in [0.15, 0.2) is 267 Å². The lowest BCUT2D eigenvalue weighted by atomic mass is 9.60. The van der Waals surface area contributed by atoms with E-state index in [-0.39, 0.29) is 47.3 Å². The lowest BCUT2D eigenvalue weighted by molar-refractivity contribution is 0.583. The number of nitrogens with zero attached hydrogens (tertiary/aromatic N) is 2. The molecule has 2 N–H and O–H groups in total. The first kappa shape index (κ1) is 54.7. The van der Waals surface area contributed by atoms with Gasteiger partial charge in [-0.15, -0.1) is 0 Å². The van der Waals surface area contributed by atoms with Crippen LogP contribution in [0.2, 0.25) is 0 Å². The van der Waals surface area contributed by atoms with Crippen molar-refractivity contribution < 1.29 is 0 Å². The molecule has 0 radical (unpaired) electrons. The summed E-state index contributed by atoms with van der Waals surface area (Å²) in [6.45, 7) is 0. The molecule has 0 saturated carbocycles. The van der Waals surface area contributed by atoms with E-state index in [0.29, 0.717) is 0 Å². The fraction of sp³-hybridized carbons (Fsp3) is 0.174. The summed E-state index contributed by atoms with van der Waals surface area (Å²) in [5.74, 6) is 1.18. The van der Waals surface area contributed by atoms with E-state index in [1.807, 2.05) is 0 Å². The number of benzene rings is 8. The van der Waals surface area contributed by atoms with Gasteiger partial charge in [0.25, 0.3) is 0 Å². The first-order valence-electron chi connectivity index (χ1n) is 35.4. The van der Waals surface area contributed by atoms with Gasteiger partial charge in [0, 0.05) is 69.4 Å². The maximum absolute atomic E-state index is 6.22. The summed E-state index contributed by atoms with van der Waals surface area (Å²) in [7, 11) is 0. The number of hydrogen-bond acceptors (Lipinski definition) is 2. The first-order chi connectivity index (χ1) is 47.7. The Labute approximate surface area is 560 Å². The van der Waals surface area contributed by atoms with Crippen LogP contribution >= 0.6 is 0 Å². The van der Waals surface area contributed by atoms with Crippen LogP contribution < -0.4 is 0 Å². The van der Waals surface area contributed by atoms with Gasteiger partial charge < -0.3 is 9.97 Å². The second-order valence-corrected chi connectivity index (χ2v) is 28.5. The number of hydrogen-bond donors (Lipinski definition) is 2. The number of aromatic nitrogens is 4. The molecule has 3 aromatic heterocycles. The quantitative estimate of drug-likeness (QED) is 0.159. The molecule has 5 heterocycles. The zero-order valence-electron chi connectivity index (χ0n) is 53.6. The van der Waals surface area contributed by atoms with E-state index in [1.165, 1.54) is 156 Å². The Kier molecular flexibility index (Phi) is 12.2. The molecular formula is C92H70N4. The van der Waals surface area contributed by atoms with Crippen LogP contribution in [0, 0.1) is 23.7 Å². The summed E-state index contributed by atoms with van der Waals surface area (Å²) >= 11 is 0. The van der Waals surface area contributed by atoms with Crippen LogP contribution in [0.3, 0.4) is 0 Å². The molecule has 0 spiro atoms. The molecule has 2 aliphatic heterocycles. The van der Waals surface area contributed by atoms with Gasteiger partial charge in [-0.3, -0.25) is 0 Å². The van der Waals surface area contributed by atoms with Crippen LogP contribution in [0.5, 0.6) is 0 Å². The third kappa shape index (κ3) is 8.02. The van der Waals surface area contributed by atoms with Crippen molar-refractivity contribution >= 4 is 88.9 Å². The van der Waals surface area contributed by atoms with Crippen molar-refractivity contribution in [1.82, 2.24) is 19.9 Å². The summed E-state index contributed by atoms with van der Waals surface area (Å²) in [6.07, 6.45) is 8.55. The minimum absolute atomic E-state index is 0.142. The summed E-state index contributed by atoms with van der Waals surface area (Å²) in [6, 6.07) is 101. The monoisotopic (exact) mass is 1230 g/mol. The molecule has 4 nitrogen and oxygen atoms in total. The minimum atomic E-state index is 0.142. The number of rotatable bonds is 8. The third-order valence-electron chi connectivity index (χ3n) is 24.0. The number of nitrogens with one attached hydrogen (secondary N) is 2. The SMILES string of the molecule is c1ccc(C2=C(c3ccccc3)C3CCC2C2=C3c3cc4[nH]c(cc5nc(cc6[nH]c(cc2n3)c2c6C3CCC2C(c2ccccc2)=C3c2ccccc2)C2=C5C3CCC2C(c2ccccc2)=C3c2ccccc2)c2c4C3CCC2C(c2ccccc2)=C3c2ccccc2)cc1. The molecule has 0 fully saturated rings. The standard InChI is InChI=1S/C92H70N4/c1-9-25-53(26-10-1)77-61-41-42-62(78(77)54-27-11-2-12-28-54)86-70-50-72-88-64-45-46-66(82(58-35-19-6-20-36-58)80(64)56-31-15-4-16-32-56)90(88)74(95-72)52-76-92-68-48-47-67(83(59-37-21-7-22-38-59)84(68)60-39-23-8-24-40-60)91(92)75(96-76)51-73-89-65-44-43-63(87(89)71(94-73)49-69(93-70)85(61)86)79(55-29-13-3-14-30-55)81(65)57-33-17-5-18-34-57/h1-40,49-52,61-68,93,96H,41-48H2. The van der Waals surface area contributed by atoms with E-state index in [9.17, 15) is 0 Å². The van der Waals surface area contributed by atoms with Gasteiger partial charge in [-0.1, -0.05) is 243 Å². The van der Waals surface area contributed by atoms with Gasteiger partial charge >= 0.3 is 0 Å². The van der Waals surface area contributed by atoms with Gasteiger partial charge in [-0.2, -0.15) is 0 Å². The van der Waals surface area contributed by atoms with Crippen molar-refractivity contribution in [2.45, 2.75) is 75.0 Å². The smallest absolute Gasteiger partial charge is 0.0699 e. The maximum Gasteiger partial charge on any atom is 0.0699 e. The topological polar surface area (TPSA) is 57.4 Å². The van der Waals surface area contributed by atoms with Crippen molar-refractivity contribution in [2.75, 3.05) is 0 Å². The van der Waals surface area contributed by atoms with E-state index >= 15 is 0 Å². The highest BCUT2D eigenvalue weighted by Crippen LogP contribution is 2.67. The fourth-order valence-electron chi connectivity index (χ4n) is 20.7. The average molecular weight is 1230 g/mol. The Morgan fingerprint density at radius 1 is 0.188 bits per heavy atom. The molecule has 8 atom stereocenters. The third-order valence-corrected chi connectivity index (χ3v) is 24.0. The lowest BCUT2D eigenvalue weighted by Gasteiger charge is -2.42. The summed E-state index contributed by atoms with van der Waals surface area (Å²) in [5, 5.41) is 0. The molecule has 0 saturated heterocycles. The van der Waals surface area contributed by atoms with Gasteiger partial charge in [0.2, 0.25) is 0 Å². The number of H-pyrrole nitrogens is 2. The lowest BCUT2D eigenvalue weighted by Crippen LogP contribution is -2.26. The number of aromatic amines is 2. The van der Waals surface area contributed by atoms with Crippen LogP contribution in [0.4, 0.5) is 0 Å². The predicted molar refractivity (Wildman–Crippen MR) is 395 cm³/mol. The van der Waals surface area contributed by atoms with Gasteiger partial charge in [-0.25, -0.2) is 9.97 Å². The Morgan fingerprint density at radius 3 is 0.521 bits per heavy atom. The zero-order chi connectivity index (χ0) is 62.7. The second-order valence-electron chi connectivity index (χ2n) is 28.5. The van der Waals surface area contributed by atoms with Crippen LogP contribution in [-0.2, 0) is 0 Å². The molecule has 12 aliphatic carbocycles. The zero-order valence-corrected chi connectivity index (χ0v) is 53.6. The van der Waals surface area contributed by atoms with Crippen LogP contribution in [-0.4, -0.2) is 19.9 Å². The highest BCUT2D eigenvalue weighted by Gasteiger charge is 2.50. The average Bonchev–Trinajstić information content (AvgIpc) is 1.40. The van der Waals surface area contributed by atoms with Crippen LogP contribution in [0.1, 0.15) is 165 Å². The molecule has 8 unspecified atom stereocenters. The maximum atomic E-state index is 6.22. The summed E-state index contributed by atoms with van der Waals surface area (Å²) in [5.41, 5.74) is 42.8. The highest BCUT2D eigenvalue weighted by molar-refractivity contribution is 6.16. The van der Waals surface area contributed by atoms with Crippen molar-refractivity contribution in [3.63, 3.8) is 0 Å². The minimum Gasteiger partial charge on any atom is -0.355 e. The first-order valence-corrected chi connectivity index (χ1v) is 35.4. The Hall–Kier alpha value is -10.7.